The molecule has 12 heteroatoms. The van der Waals surface area contributed by atoms with Crippen molar-refractivity contribution in [1.29, 1.82) is 0 Å². The minimum atomic E-state index is -3.96. The van der Waals surface area contributed by atoms with Crippen LogP contribution in [0.1, 0.15) is 59.8 Å². The van der Waals surface area contributed by atoms with E-state index in [0.717, 1.165) is 37.0 Å². The third-order valence-corrected chi connectivity index (χ3v) is 9.11. The highest BCUT2D eigenvalue weighted by Crippen LogP contribution is 2.44. The Hall–Kier alpha value is -2.80. The molecule has 0 radical (unpaired) electrons. The Morgan fingerprint density at radius 2 is 1.95 bits per heavy atom. The van der Waals surface area contributed by atoms with Crippen molar-refractivity contribution in [2.45, 2.75) is 76.1 Å². The van der Waals surface area contributed by atoms with Gasteiger partial charge in [-0.1, -0.05) is 13.0 Å². The molecule has 2 N–H and O–H groups in total. The maximum atomic E-state index is 13.3. The molecule has 226 valence electrons. The van der Waals surface area contributed by atoms with E-state index in [0.29, 0.717) is 32.1 Å². The molecule has 1 aromatic carbocycles. The average Bonchev–Trinajstić information content (AvgIpc) is 3.35. The van der Waals surface area contributed by atoms with Gasteiger partial charge in [-0.3, -0.25) is 10.1 Å². The SMILES string of the molecule is C[C@@H]1CC=C(C[C@H](CNS(=O)(=O)c2ccc([N+](=O)[O-])cc2)C2CCCN/C2=C\C(=O)OC(C)(C)C)C2(C1)OCCO2. The Morgan fingerprint density at radius 1 is 1.27 bits per heavy atom. The molecule has 2 aliphatic heterocycles. The number of hydrogen-bond donors (Lipinski definition) is 2. The van der Waals surface area contributed by atoms with Crippen LogP contribution < -0.4 is 10.0 Å². The van der Waals surface area contributed by atoms with Gasteiger partial charge in [-0.25, -0.2) is 17.9 Å². The van der Waals surface area contributed by atoms with Gasteiger partial charge < -0.3 is 19.5 Å². The first kappa shape index (κ1) is 31.1. The topological polar surface area (TPSA) is 146 Å². The maximum Gasteiger partial charge on any atom is 0.333 e. The van der Waals surface area contributed by atoms with E-state index in [1.54, 1.807) is 0 Å². The van der Waals surface area contributed by atoms with Crippen LogP contribution in [0.5, 0.6) is 0 Å². The molecule has 41 heavy (non-hydrogen) atoms. The first-order valence-corrected chi connectivity index (χ1v) is 15.7. The maximum absolute atomic E-state index is 13.3. The van der Waals surface area contributed by atoms with E-state index < -0.39 is 32.3 Å². The normalized spacial score (nSPS) is 24.5. The van der Waals surface area contributed by atoms with E-state index in [9.17, 15) is 23.3 Å². The Balaban J connectivity index is 1.63. The zero-order valence-electron chi connectivity index (χ0n) is 24.2. The van der Waals surface area contributed by atoms with Crippen LogP contribution in [0.2, 0.25) is 0 Å². The number of nitrogens with zero attached hydrogens (tertiary/aromatic N) is 1. The molecule has 3 atom stereocenters. The second kappa shape index (κ2) is 12.6. The lowest BCUT2D eigenvalue weighted by molar-refractivity contribution is -0.384. The van der Waals surface area contributed by atoms with Crippen molar-refractivity contribution in [3.8, 4) is 0 Å². The van der Waals surface area contributed by atoms with Gasteiger partial charge in [-0.2, -0.15) is 0 Å². The third-order valence-electron chi connectivity index (χ3n) is 7.67. The van der Waals surface area contributed by atoms with Crippen LogP contribution >= 0.6 is 0 Å². The molecule has 2 heterocycles. The number of non-ortho nitro benzene ring substituents is 1. The van der Waals surface area contributed by atoms with E-state index in [-0.39, 0.29) is 29.0 Å². The van der Waals surface area contributed by atoms with Gasteiger partial charge >= 0.3 is 5.97 Å². The fourth-order valence-electron chi connectivity index (χ4n) is 5.80. The number of hydrogen-bond acceptors (Lipinski definition) is 9. The van der Waals surface area contributed by atoms with Crippen LogP contribution in [-0.4, -0.2) is 57.0 Å². The zero-order chi connectivity index (χ0) is 29.8. The predicted molar refractivity (Wildman–Crippen MR) is 152 cm³/mol. The molecule has 4 rings (SSSR count). The highest BCUT2D eigenvalue weighted by atomic mass is 32.2. The molecule has 2 fully saturated rings. The summed E-state index contributed by atoms with van der Waals surface area (Å²) in [5, 5.41) is 14.4. The largest absolute Gasteiger partial charge is 0.457 e. The summed E-state index contributed by atoms with van der Waals surface area (Å²) in [7, 11) is -3.96. The van der Waals surface area contributed by atoms with E-state index in [2.05, 4.69) is 23.0 Å². The highest BCUT2D eigenvalue weighted by molar-refractivity contribution is 7.89. The van der Waals surface area contributed by atoms with Crippen molar-refractivity contribution in [1.82, 2.24) is 10.0 Å². The molecule has 1 aromatic rings. The van der Waals surface area contributed by atoms with Crippen LogP contribution in [0.25, 0.3) is 0 Å². The minimum absolute atomic E-state index is 0.0576. The Labute approximate surface area is 241 Å². The number of sulfonamides is 1. The number of allylic oxidation sites excluding steroid dienone is 2. The number of esters is 1. The predicted octanol–water partition coefficient (Wildman–Crippen LogP) is 4.20. The Bertz CT molecular complexity index is 1280. The summed E-state index contributed by atoms with van der Waals surface area (Å²) < 4.78 is 47.1. The van der Waals surface area contributed by atoms with Crippen molar-refractivity contribution in [2.75, 3.05) is 26.3 Å². The van der Waals surface area contributed by atoms with Crippen LogP contribution in [-0.2, 0) is 29.0 Å². The van der Waals surface area contributed by atoms with Crippen LogP contribution in [0.15, 0.2) is 52.6 Å². The molecule has 0 saturated carbocycles. The Kier molecular flexibility index (Phi) is 9.57. The van der Waals surface area contributed by atoms with E-state index in [4.69, 9.17) is 14.2 Å². The van der Waals surface area contributed by atoms with Crippen molar-refractivity contribution in [3.05, 3.63) is 57.8 Å². The van der Waals surface area contributed by atoms with Crippen molar-refractivity contribution < 1.29 is 32.3 Å². The standard InChI is InChI=1S/C29H41N3O8S/c1-20-7-8-22(29(18-20)38-14-15-39-29)16-21(19-31-41(36,37)24-11-9-23(10-12-24)32(34)35)25-6-5-13-30-26(25)17-27(33)40-28(2,3)4/h8-12,17,20-21,25,30-31H,5-7,13-16,18-19H2,1-4H3/b26-17-/t20-,21-,25?/m1/s1. The molecule has 1 spiro atoms. The summed E-state index contributed by atoms with van der Waals surface area (Å²) in [4.78, 5) is 23.1. The van der Waals surface area contributed by atoms with Gasteiger partial charge in [-0.15, -0.1) is 0 Å². The molecule has 1 unspecified atom stereocenters. The third kappa shape index (κ3) is 7.94. The highest BCUT2D eigenvalue weighted by Gasteiger charge is 2.45. The molecule has 2 saturated heterocycles. The summed E-state index contributed by atoms with van der Waals surface area (Å²) in [6.07, 6.45) is 7.36. The van der Waals surface area contributed by atoms with Gasteiger partial charge in [0.2, 0.25) is 10.0 Å². The molecule has 0 aromatic heterocycles. The van der Waals surface area contributed by atoms with Gasteiger partial charge in [0.1, 0.15) is 5.60 Å². The lowest BCUT2D eigenvalue weighted by Crippen LogP contribution is -2.42. The lowest BCUT2D eigenvalue weighted by Gasteiger charge is -2.40. The number of rotatable bonds is 9. The summed E-state index contributed by atoms with van der Waals surface area (Å²) in [5.74, 6) is -1.29. The number of benzene rings is 1. The number of nitro benzene ring substituents is 1. The van der Waals surface area contributed by atoms with Crippen LogP contribution in [0.4, 0.5) is 5.69 Å². The Morgan fingerprint density at radius 3 is 2.59 bits per heavy atom. The summed E-state index contributed by atoms with van der Waals surface area (Å²) in [6.45, 7) is 9.35. The van der Waals surface area contributed by atoms with Crippen LogP contribution in [0, 0.1) is 27.9 Å². The number of piperidine rings is 1. The van der Waals surface area contributed by atoms with Gasteiger partial charge in [0.15, 0.2) is 5.79 Å². The van der Waals surface area contributed by atoms with Crippen LogP contribution in [0.3, 0.4) is 0 Å². The monoisotopic (exact) mass is 591 g/mol. The molecule has 1 aliphatic carbocycles. The number of carbonyl (C=O) groups excluding carboxylic acids is 1. The molecular formula is C29H41N3O8S. The minimum Gasteiger partial charge on any atom is -0.457 e. The second-order valence-corrected chi connectivity index (χ2v) is 13.9. The number of carbonyl (C=O) groups is 1. The summed E-state index contributed by atoms with van der Waals surface area (Å²) in [5.41, 5.74) is 0.880. The quantitative estimate of drug-likeness (QED) is 0.142. The smallest absolute Gasteiger partial charge is 0.333 e. The number of nitrogens with one attached hydrogen (secondary N) is 2. The first-order valence-electron chi connectivity index (χ1n) is 14.2. The summed E-state index contributed by atoms with van der Waals surface area (Å²) in [6, 6.07) is 4.80. The van der Waals surface area contributed by atoms with Gasteiger partial charge in [0.25, 0.3) is 5.69 Å². The van der Waals surface area contributed by atoms with Crippen molar-refractivity contribution in [2.24, 2.45) is 17.8 Å². The van der Waals surface area contributed by atoms with E-state index >= 15 is 0 Å². The van der Waals surface area contributed by atoms with Gasteiger partial charge in [0, 0.05) is 49.3 Å². The van der Waals surface area contributed by atoms with E-state index in [1.165, 1.54) is 30.3 Å². The number of ether oxygens (including phenoxy) is 3. The molecule has 0 amide bonds. The summed E-state index contributed by atoms with van der Waals surface area (Å²) >= 11 is 0. The van der Waals surface area contributed by atoms with Crippen molar-refractivity contribution >= 4 is 21.7 Å². The first-order chi connectivity index (χ1) is 19.3. The van der Waals surface area contributed by atoms with Gasteiger partial charge in [0.05, 0.1) is 23.0 Å². The average molecular weight is 592 g/mol. The zero-order valence-corrected chi connectivity index (χ0v) is 25.0. The molecule has 0 bridgehead atoms. The molecule has 3 aliphatic rings. The number of nitro groups is 1. The lowest BCUT2D eigenvalue weighted by atomic mass is 9.75. The molecule has 11 nitrogen and oxygen atoms in total. The fourth-order valence-corrected chi connectivity index (χ4v) is 6.90. The fraction of sp³-hybridized carbons (Fsp3) is 0.621. The van der Waals surface area contributed by atoms with E-state index in [1.807, 2.05) is 20.8 Å². The van der Waals surface area contributed by atoms with Gasteiger partial charge in [-0.05, 0) is 76.0 Å². The molecular weight excluding hydrogens is 550 g/mol. The second-order valence-electron chi connectivity index (χ2n) is 12.1. The van der Waals surface area contributed by atoms with Crippen molar-refractivity contribution in [3.63, 3.8) is 0 Å².